The summed E-state index contributed by atoms with van der Waals surface area (Å²) in [5.74, 6) is 0.911. The van der Waals surface area contributed by atoms with Crippen molar-refractivity contribution >= 4 is 11.0 Å². The van der Waals surface area contributed by atoms with Crippen LogP contribution in [0.5, 0.6) is 5.75 Å². The van der Waals surface area contributed by atoms with Crippen molar-refractivity contribution in [1.82, 2.24) is 4.57 Å². The molecule has 0 aliphatic rings. The molecule has 17 heavy (non-hydrogen) atoms. The number of hydrogen-bond acceptors (Lipinski definition) is 1. The van der Waals surface area contributed by atoms with Crippen molar-refractivity contribution in [2.75, 3.05) is 7.11 Å². The van der Waals surface area contributed by atoms with Gasteiger partial charge in [-0.1, -0.05) is 0 Å². The zero-order valence-electron chi connectivity index (χ0n) is 11.3. The summed E-state index contributed by atoms with van der Waals surface area (Å²) >= 11 is 0. The van der Waals surface area contributed by atoms with Gasteiger partial charge in [-0.2, -0.15) is 0 Å². The van der Waals surface area contributed by atoms with Gasteiger partial charge in [0.05, 0.1) is 19.2 Å². The molecule has 92 valence electrons. The summed E-state index contributed by atoms with van der Waals surface area (Å²) < 4.78 is 9.89. The number of benzene rings is 1. The molecule has 0 atom stereocenters. The van der Waals surface area contributed by atoms with Gasteiger partial charge in [0.15, 0.2) is 11.0 Å². The number of hydrogen-bond donors (Lipinski definition) is 0. The van der Waals surface area contributed by atoms with Crippen molar-refractivity contribution in [3.63, 3.8) is 0 Å². The van der Waals surface area contributed by atoms with Gasteiger partial charge in [-0.05, 0) is 39.8 Å². The topological polar surface area (TPSA) is 18.0 Å². The Balaban J connectivity index is 2.72. The number of fused-ring (bicyclic) bond motifs is 1. The van der Waals surface area contributed by atoms with Crippen LogP contribution < -0.4 is 9.30 Å². The lowest BCUT2D eigenvalue weighted by Gasteiger charge is -2.02. The van der Waals surface area contributed by atoms with E-state index in [9.17, 15) is 0 Å². The van der Waals surface area contributed by atoms with Crippen LogP contribution in [0.1, 0.15) is 39.8 Å². The fraction of sp³-hybridized carbons (Fsp3) is 0.500. The van der Waals surface area contributed by atoms with Gasteiger partial charge in [0.25, 0.3) is 0 Å². The minimum Gasteiger partial charge on any atom is -0.497 e. The third-order valence-corrected chi connectivity index (χ3v) is 3.10. The first-order valence-electron chi connectivity index (χ1n) is 6.14. The number of nitrogens with zero attached hydrogens (tertiary/aromatic N) is 2. The summed E-state index contributed by atoms with van der Waals surface area (Å²) in [4.78, 5) is 0. The summed E-state index contributed by atoms with van der Waals surface area (Å²) in [5, 5.41) is 0. The molecule has 0 radical (unpaired) electrons. The molecule has 2 aromatic rings. The Morgan fingerprint density at radius 1 is 1.18 bits per heavy atom. The lowest BCUT2D eigenvalue weighted by molar-refractivity contribution is -0.692. The second-order valence-corrected chi connectivity index (χ2v) is 4.97. The second-order valence-electron chi connectivity index (χ2n) is 4.97. The Labute approximate surface area is 103 Å². The maximum Gasteiger partial charge on any atom is 0.245 e. The Morgan fingerprint density at radius 2 is 1.88 bits per heavy atom. The molecule has 1 heterocycles. The highest BCUT2D eigenvalue weighted by atomic mass is 16.5. The molecule has 0 bridgehead atoms. The van der Waals surface area contributed by atoms with Crippen molar-refractivity contribution < 1.29 is 9.30 Å². The van der Waals surface area contributed by atoms with Gasteiger partial charge in [0.1, 0.15) is 5.75 Å². The Bertz CT molecular complexity index is 526. The third kappa shape index (κ3) is 2.02. The number of methoxy groups -OCH3 is 1. The van der Waals surface area contributed by atoms with Gasteiger partial charge in [-0.25, -0.2) is 9.13 Å². The molecule has 1 aromatic carbocycles. The van der Waals surface area contributed by atoms with E-state index >= 15 is 0 Å². The zero-order chi connectivity index (χ0) is 12.6. The van der Waals surface area contributed by atoms with Gasteiger partial charge < -0.3 is 4.74 Å². The molecule has 0 aliphatic carbocycles. The summed E-state index contributed by atoms with van der Waals surface area (Å²) in [5.41, 5.74) is 2.49. The molecule has 0 amide bonds. The summed E-state index contributed by atoms with van der Waals surface area (Å²) in [7, 11) is 1.71. The Morgan fingerprint density at radius 3 is 2.41 bits per heavy atom. The van der Waals surface area contributed by atoms with Crippen LogP contribution in [-0.2, 0) is 0 Å². The molecule has 0 spiro atoms. The molecule has 0 saturated heterocycles. The molecule has 0 fully saturated rings. The SMILES string of the molecule is COc1ccc2c(c1)n(C(C)C)c[n+]2C(C)C. The van der Waals surface area contributed by atoms with Crippen LogP contribution in [0.4, 0.5) is 0 Å². The standard InChI is InChI=1S/C14H21N2O/c1-10(2)15-9-16(11(3)4)14-8-12(17-5)6-7-13(14)15/h6-11H,1-5H3/q+1. The average Bonchev–Trinajstić information content (AvgIpc) is 2.67. The van der Waals surface area contributed by atoms with Gasteiger partial charge in [0.2, 0.25) is 6.33 Å². The van der Waals surface area contributed by atoms with Gasteiger partial charge in [-0.3, -0.25) is 0 Å². The second kappa shape index (κ2) is 4.40. The maximum absolute atomic E-state index is 5.30. The monoisotopic (exact) mass is 233 g/mol. The van der Waals surface area contributed by atoms with E-state index in [1.54, 1.807) is 7.11 Å². The molecule has 0 unspecified atom stereocenters. The van der Waals surface area contributed by atoms with Crippen molar-refractivity contribution in [2.45, 2.75) is 39.8 Å². The van der Waals surface area contributed by atoms with Crippen molar-refractivity contribution in [2.24, 2.45) is 0 Å². The van der Waals surface area contributed by atoms with Crippen LogP contribution >= 0.6 is 0 Å². The normalized spacial score (nSPS) is 11.7. The quantitative estimate of drug-likeness (QED) is 0.745. The Hall–Kier alpha value is -1.51. The van der Waals surface area contributed by atoms with E-state index < -0.39 is 0 Å². The fourth-order valence-corrected chi connectivity index (χ4v) is 2.14. The number of rotatable bonds is 3. The van der Waals surface area contributed by atoms with Gasteiger partial charge in [-0.15, -0.1) is 0 Å². The van der Waals surface area contributed by atoms with Crippen LogP contribution in [0.2, 0.25) is 0 Å². The molecule has 1 aromatic heterocycles. The third-order valence-electron chi connectivity index (χ3n) is 3.10. The summed E-state index contributed by atoms with van der Waals surface area (Å²) in [6, 6.07) is 7.17. The van der Waals surface area contributed by atoms with Crippen molar-refractivity contribution in [3.8, 4) is 5.75 Å². The van der Waals surface area contributed by atoms with Gasteiger partial charge >= 0.3 is 0 Å². The smallest absolute Gasteiger partial charge is 0.245 e. The molecular formula is C14H21N2O+. The minimum atomic E-state index is 0.449. The predicted molar refractivity (Wildman–Crippen MR) is 69.5 cm³/mol. The molecule has 3 heteroatoms. The van der Waals surface area contributed by atoms with Crippen LogP contribution in [0, 0.1) is 0 Å². The van der Waals surface area contributed by atoms with E-state index in [-0.39, 0.29) is 0 Å². The highest BCUT2D eigenvalue weighted by Gasteiger charge is 2.19. The highest BCUT2D eigenvalue weighted by Crippen LogP contribution is 2.22. The van der Waals surface area contributed by atoms with E-state index in [1.807, 2.05) is 6.07 Å². The molecular weight excluding hydrogens is 212 g/mol. The average molecular weight is 233 g/mol. The first-order chi connectivity index (χ1) is 8.04. The molecule has 0 aliphatic heterocycles. The number of imidazole rings is 1. The first kappa shape index (κ1) is 12.0. The molecule has 2 rings (SSSR count). The van der Waals surface area contributed by atoms with E-state index in [2.05, 4.69) is 55.3 Å². The van der Waals surface area contributed by atoms with Crippen molar-refractivity contribution in [3.05, 3.63) is 24.5 Å². The Kier molecular flexibility index (Phi) is 3.09. The molecule has 3 nitrogen and oxygen atoms in total. The summed E-state index contributed by atoms with van der Waals surface area (Å²) in [6.07, 6.45) is 2.19. The largest absolute Gasteiger partial charge is 0.497 e. The molecule has 0 N–H and O–H groups in total. The van der Waals surface area contributed by atoms with Crippen molar-refractivity contribution in [1.29, 1.82) is 0 Å². The highest BCUT2D eigenvalue weighted by molar-refractivity contribution is 5.74. The van der Waals surface area contributed by atoms with Crippen LogP contribution in [0.15, 0.2) is 24.5 Å². The van der Waals surface area contributed by atoms with E-state index in [0.717, 1.165) is 5.75 Å². The zero-order valence-corrected chi connectivity index (χ0v) is 11.3. The minimum absolute atomic E-state index is 0.449. The van der Waals surface area contributed by atoms with Crippen LogP contribution in [0.3, 0.4) is 0 Å². The fourth-order valence-electron chi connectivity index (χ4n) is 2.14. The van der Waals surface area contributed by atoms with E-state index in [0.29, 0.717) is 12.1 Å². The lowest BCUT2D eigenvalue weighted by atomic mass is 10.2. The molecule has 0 saturated carbocycles. The van der Waals surface area contributed by atoms with Crippen LogP contribution in [-0.4, -0.2) is 11.7 Å². The first-order valence-corrected chi connectivity index (χ1v) is 6.14. The number of ether oxygens (including phenoxy) is 1. The van der Waals surface area contributed by atoms with Gasteiger partial charge in [0, 0.05) is 6.07 Å². The summed E-state index contributed by atoms with van der Waals surface area (Å²) in [6.45, 7) is 8.80. The number of aromatic nitrogens is 2. The predicted octanol–water partition coefficient (Wildman–Crippen LogP) is 3.10. The van der Waals surface area contributed by atoms with Crippen LogP contribution in [0.25, 0.3) is 11.0 Å². The van der Waals surface area contributed by atoms with E-state index in [4.69, 9.17) is 4.74 Å². The lowest BCUT2D eigenvalue weighted by Crippen LogP contribution is -2.34. The van der Waals surface area contributed by atoms with E-state index in [1.165, 1.54) is 11.0 Å². The maximum atomic E-state index is 5.30.